The average molecular weight is 573 g/mol. The fourth-order valence-electron chi connectivity index (χ4n) is 5.42. The first-order valence-electron chi connectivity index (χ1n) is 14.5. The average Bonchev–Trinajstić information content (AvgIpc) is 3.46. The monoisotopic (exact) mass is 572 g/mol. The van der Waals surface area contributed by atoms with Crippen LogP contribution in [-0.2, 0) is 11.3 Å². The molecule has 2 N–H and O–H groups in total. The minimum Gasteiger partial charge on any atom is -0.492 e. The van der Waals surface area contributed by atoms with Gasteiger partial charge < -0.3 is 29.2 Å². The van der Waals surface area contributed by atoms with Crippen LogP contribution in [0.15, 0.2) is 78.8 Å². The number of rotatable bonds is 12. The van der Waals surface area contributed by atoms with Gasteiger partial charge in [0.1, 0.15) is 0 Å². The molecule has 42 heavy (non-hydrogen) atoms. The van der Waals surface area contributed by atoms with Crippen molar-refractivity contribution < 1.29 is 33.6 Å². The van der Waals surface area contributed by atoms with Crippen molar-refractivity contribution in [2.75, 3.05) is 39.1 Å². The van der Waals surface area contributed by atoms with Crippen LogP contribution in [0.3, 0.4) is 0 Å². The van der Waals surface area contributed by atoms with Gasteiger partial charge in [-0.05, 0) is 43.0 Å². The minimum atomic E-state index is -0.482. The van der Waals surface area contributed by atoms with Crippen LogP contribution in [0.4, 0.5) is 5.69 Å². The van der Waals surface area contributed by atoms with Gasteiger partial charge >= 0.3 is 5.97 Å². The van der Waals surface area contributed by atoms with Crippen molar-refractivity contribution in [2.24, 2.45) is 0 Å². The van der Waals surface area contributed by atoms with Gasteiger partial charge in [-0.25, -0.2) is 4.79 Å². The van der Waals surface area contributed by atoms with E-state index in [1.807, 2.05) is 25.2 Å². The van der Waals surface area contributed by atoms with Crippen LogP contribution >= 0.6 is 0 Å². The number of aromatic nitrogens is 2. The van der Waals surface area contributed by atoms with E-state index in [-0.39, 0.29) is 18.2 Å². The topological polar surface area (TPSA) is 88.0 Å². The predicted molar refractivity (Wildman–Crippen MR) is 162 cm³/mol. The fraction of sp³-hybridized carbons (Fsp3) is 0.333. The number of quaternary nitrogens is 1. The van der Waals surface area contributed by atoms with Crippen LogP contribution in [0.2, 0.25) is 0 Å². The third-order valence-corrected chi connectivity index (χ3v) is 7.81. The molecule has 0 amide bonds. The maximum absolute atomic E-state index is 12.0. The van der Waals surface area contributed by atoms with Gasteiger partial charge in [0.15, 0.2) is 18.5 Å². The largest absolute Gasteiger partial charge is 0.492 e. The van der Waals surface area contributed by atoms with Crippen molar-refractivity contribution in [1.82, 2.24) is 4.73 Å². The lowest BCUT2D eigenvalue weighted by atomic mass is 10.1. The van der Waals surface area contributed by atoms with Crippen LogP contribution in [-0.4, -0.2) is 59.6 Å². The summed E-state index contributed by atoms with van der Waals surface area (Å²) < 4.78 is 10.1. The van der Waals surface area contributed by atoms with E-state index in [0.29, 0.717) is 6.42 Å². The summed E-state index contributed by atoms with van der Waals surface area (Å²) in [7, 11) is 6.53. The van der Waals surface area contributed by atoms with Gasteiger partial charge in [-0.1, -0.05) is 24.3 Å². The summed E-state index contributed by atoms with van der Waals surface area (Å²) in [5.74, 6) is 0.591. The zero-order valence-electron chi connectivity index (χ0n) is 24.6. The van der Waals surface area contributed by atoms with Crippen LogP contribution in [0.25, 0.3) is 17.0 Å². The number of benzene rings is 2. The van der Waals surface area contributed by atoms with E-state index in [1.54, 1.807) is 0 Å². The summed E-state index contributed by atoms with van der Waals surface area (Å²) in [6, 6.07) is 21.3. The van der Waals surface area contributed by atoms with Gasteiger partial charge in [0.25, 0.3) is 0 Å². The quantitative estimate of drug-likeness (QED) is 0.143. The Morgan fingerprint density at radius 1 is 0.929 bits per heavy atom. The second-order valence-corrected chi connectivity index (χ2v) is 11.4. The molecular formula is C33H40N4O5+2. The Morgan fingerprint density at radius 2 is 1.64 bits per heavy atom. The van der Waals surface area contributed by atoms with Crippen molar-refractivity contribution >= 4 is 28.6 Å². The number of hydrogen-bond acceptors (Lipinski definition) is 6. The third kappa shape index (κ3) is 6.69. The molecule has 3 heterocycles. The molecule has 0 bridgehead atoms. The Kier molecular flexibility index (Phi) is 8.68. The normalized spacial score (nSPS) is 13.9. The van der Waals surface area contributed by atoms with Gasteiger partial charge in [0.05, 0.1) is 44.7 Å². The van der Waals surface area contributed by atoms with E-state index >= 15 is 0 Å². The summed E-state index contributed by atoms with van der Waals surface area (Å²) in [5.41, 5.74) is 3.39. The highest BCUT2D eigenvalue weighted by molar-refractivity contribution is 5.86. The number of hydrogen-bond donors (Lipinski definition) is 2. The number of anilines is 1. The van der Waals surface area contributed by atoms with Gasteiger partial charge in [-0.3, -0.25) is 0 Å². The number of fused-ring (bicyclic) bond motifs is 2. The van der Waals surface area contributed by atoms with Crippen LogP contribution in [0.1, 0.15) is 37.7 Å². The summed E-state index contributed by atoms with van der Waals surface area (Å²) in [4.78, 5) is 19.1. The summed E-state index contributed by atoms with van der Waals surface area (Å²) in [5, 5.41) is 20.4. The predicted octanol–water partition coefficient (Wildman–Crippen LogP) is 4.85. The molecule has 0 unspecified atom stereocenters. The van der Waals surface area contributed by atoms with Gasteiger partial charge in [0.2, 0.25) is 23.2 Å². The Hall–Kier alpha value is -4.50. The van der Waals surface area contributed by atoms with Crippen LogP contribution < -0.4 is 19.0 Å². The minimum absolute atomic E-state index is 0.232. The molecule has 1 aliphatic heterocycles. The molecule has 0 atom stereocenters. The number of para-hydroxylation sites is 3. The van der Waals surface area contributed by atoms with E-state index in [4.69, 9.17) is 9.57 Å². The number of ether oxygens (including phenoxy) is 1. The molecule has 0 spiro atoms. The maximum Gasteiger partial charge on any atom is 0.333 e. The molecule has 4 aromatic rings. The highest BCUT2D eigenvalue weighted by Gasteiger charge is 2.23. The highest BCUT2D eigenvalue weighted by atomic mass is 16.7. The molecule has 0 saturated carbocycles. The second-order valence-electron chi connectivity index (χ2n) is 11.4. The molecule has 220 valence electrons. The Bertz CT molecular complexity index is 1570. The number of unbranched alkanes of at least 4 members (excludes halogenated alkanes) is 2. The van der Waals surface area contributed by atoms with E-state index in [1.165, 1.54) is 23.0 Å². The molecule has 0 radical (unpaired) electrons. The number of aromatic hydroxyl groups is 2. The van der Waals surface area contributed by atoms with Crippen LogP contribution in [0.5, 0.6) is 17.5 Å². The van der Waals surface area contributed by atoms with Crippen molar-refractivity contribution in [3.63, 3.8) is 0 Å². The first-order valence-corrected chi connectivity index (χ1v) is 14.5. The number of nitrogens with zero attached hydrogens (tertiary/aromatic N) is 4. The lowest BCUT2D eigenvalue weighted by Crippen LogP contribution is -2.44. The SMILES string of the molecule is CN1C(=Cc2cc[n+](CCC[N+](C)(C)CCCCCC(=O)On3c(O)ccc3O)c3ccccc23)Oc2ccccc21. The zero-order valence-corrected chi connectivity index (χ0v) is 24.6. The molecule has 2 aromatic carbocycles. The first-order chi connectivity index (χ1) is 20.2. The summed E-state index contributed by atoms with van der Waals surface area (Å²) >= 11 is 0. The Balaban J connectivity index is 1.11. The second kappa shape index (κ2) is 12.6. The van der Waals surface area contributed by atoms with Gasteiger partial charge in [-0.15, -0.1) is 4.73 Å². The highest BCUT2D eigenvalue weighted by Crippen LogP contribution is 2.38. The molecule has 0 aliphatic carbocycles. The molecule has 9 heteroatoms. The van der Waals surface area contributed by atoms with Crippen molar-refractivity contribution in [3.8, 4) is 17.5 Å². The van der Waals surface area contributed by atoms with Gasteiger partial charge in [-0.2, -0.15) is 4.57 Å². The Morgan fingerprint density at radius 3 is 2.43 bits per heavy atom. The molecule has 0 fully saturated rings. The van der Waals surface area contributed by atoms with Crippen molar-refractivity contribution in [2.45, 2.75) is 38.6 Å². The lowest BCUT2D eigenvalue weighted by Gasteiger charge is -2.29. The number of carbonyl (C=O) groups is 1. The van der Waals surface area contributed by atoms with E-state index in [2.05, 4.69) is 72.2 Å². The van der Waals surface area contributed by atoms with Crippen LogP contribution in [0, 0.1) is 0 Å². The van der Waals surface area contributed by atoms with Crippen molar-refractivity contribution in [3.05, 3.63) is 84.4 Å². The number of carbonyl (C=O) groups excluding carboxylic acids is 1. The molecule has 9 nitrogen and oxygen atoms in total. The standard InChI is InChI=1S/C33H38N4O5/c1-34-28-14-8-9-15-29(28)41-32(34)24-25-19-21-35(27-13-7-6-12-26(25)27)20-11-23-37(2,3)22-10-4-5-16-33(40)42-36-30(38)17-18-31(36)39/h6-9,12-15,17-19,21,24H,4-5,10-11,16,20,22-23H2,1-3H3/p+2. The molecule has 1 aliphatic rings. The van der Waals surface area contributed by atoms with Crippen molar-refractivity contribution in [1.29, 1.82) is 0 Å². The maximum atomic E-state index is 12.0. The first kappa shape index (κ1) is 29.0. The van der Waals surface area contributed by atoms with E-state index in [9.17, 15) is 15.0 Å². The fourth-order valence-corrected chi connectivity index (χ4v) is 5.42. The van der Waals surface area contributed by atoms with E-state index in [0.717, 1.165) is 71.0 Å². The molecule has 2 aromatic heterocycles. The van der Waals surface area contributed by atoms with Gasteiger partial charge in [0, 0.05) is 43.8 Å². The third-order valence-electron chi connectivity index (χ3n) is 7.81. The summed E-state index contributed by atoms with van der Waals surface area (Å²) in [6.45, 7) is 2.98. The number of pyridine rings is 1. The van der Waals surface area contributed by atoms with E-state index < -0.39 is 5.97 Å². The molecular weight excluding hydrogens is 532 g/mol. The Labute approximate surface area is 246 Å². The molecule has 0 saturated heterocycles. The smallest absolute Gasteiger partial charge is 0.333 e. The zero-order chi connectivity index (χ0) is 29.7. The number of aryl methyl sites for hydroxylation is 1. The molecule has 5 rings (SSSR count). The summed E-state index contributed by atoms with van der Waals surface area (Å²) in [6.07, 6.45) is 8.15. The lowest BCUT2D eigenvalue weighted by molar-refractivity contribution is -0.892.